The largest absolute Gasteiger partial charge is 0.486 e. The summed E-state index contributed by atoms with van der Waals surface area (Å²) < 4.78 is 8.28. The lowest BCUT2D eigenvalue weighted by Crippen LogP contribution is -2.31. The number of hydrogen-bond acceptors (Lipinski definition) is 4. The fourth-order valence-electron chi connectivity index (χ4n) is 4.75. The number of likely N-dealkylation sites (tertiary alicyclic amines) is 1. The molecule has 35 heavy (non-hydrogen) atoms. The molecule has 5 rings (SSSR count). The minimum Gasteiger partial charge on any atom is -0.486 e. The Balaban J connectivity index is 1.39. The number of piperidine rings is 1. The Bertz CT molecular complexity index is 1280. The second kappa shape index (κ2) is 11.1. The number of ether oxygens (including phenoxy) is 1. The van der Waals surface area contributed by atoms with Gasteiger partial charge in [0.1, 0.15) is 18.2 Å². The van der Waals surface area contributed by atoms with E-state index in [4.69, 9.17) is 21.3 Å². The molecule has 1 aliphatic rings. The van der Waals surface area contributed by atoms with E-state index in [1.165, 1.54) is 32.4 Å². The molecule has 0 bridgehead atoms. The Hall–Kier alpha value is -3.15. The van der Waals surface area contributed by atoms with Crippen molar-refractivity contribution >= 4 is 28.4 Å². The van der Waals surface area contributed by atoms with E-state index in [0.717, 1.165) is 42.1 Å². The number of benzene rings is 3. The summed E-state index contributed by atoms with van der Waals surface area (Å²) in [5.41, 5.74) is 3.17. The summed E-state index contributed by atoms with van der Waals surface area (Å²) >= 11 is 6.01. The second-order valence-corrected chi connectivity index (χ2v) is 9.51. The van der Waals surface area contributed by atoms with Gasteiger partial charge in [0.15, 0.2) is 5.78 Å². The number of aromatic nitrogens is 2. The molecule has 0 spiro atoms. The summed E-state index contributed by atoms with van der Waals surface area (Å²) in [7, 11) is 0. The molecule has 180 valence electrons. The van der Waals surface area contributed by atoms with Gasteiger partial charge in [-0.3, -0.25) is 4.79 Å². The van der Waals surface area contributed by atoms with Gasteiger partial charge in [-0.15, -0.1) is 0 Å². The summed E-state index contributed by atoms with van der Waals surface area (Å²) in [4.78, 5) is 20.4. The molecule has 1 saturated heterocycles. The average Bonchev–Trinajstić information content (AvgIpc) is 3.25. The highest BCUT2D eigenvalue weighted by Gasteiger charge is 2.16. The maximum Gasteiger partial charge on any atom is 0.193 e. The van der Waals surface area contributed by atoms with E-state index in [9.17, 15) is 4.79 Å². The standard InChI is InChI=1S/C29H30ClN3O2/c30-24-11-13-25(14-12-24)35-21-28-31-26-20-23(29(34)22-8-3-1-4-9-22)10-15-27(26)33(28)19-7-18-32-16-5-2-6-17-32/h1,3-4,8-15,20H,2,5-7,16-19,21H2. The average molecular weight is 488 g/mol. The van der Waals surface area contributed by atoms with Crippen molar-refractivity contribution in [1.82, 2.24) is 14.5 Å². The van der Waals surface area contributed by atoms with E-state index in [1.807, 2.05) is 72.8 Å². The molecule has 0 unspecified atom stereocenters. The zero-order chi connectivity index (χ0) is 24.0. The number of rotatable bonds is 9. The molecule has 1 aromatic heterocycles. The zero-order valence-corrected chi connectivity index (χ0v) is 20.6. The van der Waals surface area contributed by atoms with Gasteiger partial charge in [-0.05, 0) is 81.4 Å². The quantitative estimate of drug-likeness (QED) is 0.257. The molecule has 0 aliphatic carbocycles. The lowest BCUT2D eigenvalue weighted by atomic mass is 10.0. The van der Waals surface area contributed by atoms with Crippen molar-refractivity contribution in [3.63, 3.8) is 0 Å². The smallest absolute Gasteiger partial charge is 0.193 e. The summed E-state index contributed by atoms with van der Waals surface area (Å²) in [5, 5.41) is 0.679. The van der Waals surface area contributed by atoms with E-state index in [-0.39, 0.29) is 5.78 Å². The van der Waals surface area contributed by atoms with Crippen LogP contribution in [0.3, 0.4) is 0 Å². The number of nitrogens with zero attached hydrogens (tertiary/aromatic N) is 3. The Labute approximate surface area is 211 Å². The van der Waals surface area contributed by atoms with Crippen LogP contribution in [0.4, 0.5) is 0 Å². The van der Waals surface area contributed by atoms with Crippen molar-refractivity contribution in [3.8, 4) is 5.75 Å². The molecule has 3 aromatic carbocycles. The summed E-state index contributed by atoms with van der Waals surface area (Å²) in [6, 6.07) is 22.6. The lowest BCUT2D eigenvalue weighted by Gasteiger charge is -2.26. The maximum absolute atomic E-state index is 13.0. The van der Waals surface area contributed by atoms with Gasteiger partial charge in [0.2, 0.25) is 0 Å². The van der Waals surface area contributed by atoms with E-state index in [2.05, 4.69) is 9.47 Å². The zero-order valence-electron chi connectivity index (χ0n) is 19.8. The van der Waals surface area contributed by atoms with Crippen molar-refractivity contribution in [3.05, 3.63) is 94.8 Å². The van der Waals surface area contributed by atoms with Crippen LogP contribution < -0.4 is 4.74 Å². The van der Waals surface area contributed by atoms with Gasteiger partial charge in [0.05, 0.1) is 11.0 Å². The molecule has 0 radical (unpaired) electrons. The Morgan fingerprint density at radius 3 is 2.43 bits per heavy atom. The highest BCUT2D eigenvalue weighted by Crippen LogP contribution is 2.23. The number of halogens is 1. The predicted molar refractivity (Wildman–Crippen MR) is 140 cm³/mol. The first-order valence-electron chi connectivity index (χ1n) is 12.4. The molecule has 5 nitrogen and oxygen atoms in total. The van der Waals surface area contributed by atoms with Gasteiger partial charge in [0.25, 0.3) is 0 Å². The fraction of sp³-hybridized carbons (Fsp3) is 0.310. The van der Waals surface area contributed by atoms with Crippen molar-refractivity contribution < 1.29 is 9.53 Å². The molecule has 1 fully saturated rings. The molecule has 1 aliphatic heterocycles. The number of aryl methyl sites for hydroxylation is 1. The van der Waals surface area contributed by atoms with Crippen molar-refractivity contribution in [2.75, 3.05) is 19.6 Å². The number of carbonyl (C=O) groups is 1. The van der Waals surface area contributed by atoms with Crippen LogP contribution >= 0.6 is 11.6 Å². The topological polar surface area (TPSA) is 47.4 Å². The van der Waals surface area contributed by atoms with Crippen LogP contribution in [0, 0.1) is 0 Å². The lowest BCUT2D eigenvalue weighted by molar-refractivity contribution is 0.103. The fourth-order valence-corrected chi connectivity index (χ4v) is 4.88. The third-order valence-electron chi connectivity index (χ3n) is 6.61. The molecule has 0 saturated carbocycles. The van der Waals surface area contributed by atoms with Crippen LogP contribution in [0.2, 0.25) is 5.02 Å². The molecule has 4 aromatic rings. The monoisotopic (exact) mass is 487 g/mol. The van der Waals surface area contributed by atoms with E-state index < -0.39 is 0 Å². The summed E-state index contributed by atoms with van der Waals surface area (Å²) in [6.07, 6.45) is 4.99. The Morgan fingerprint density at radius 2 is 1.66 bits per heavy atom. The summed E-state index contributed by atoms with van der Waals surface area (Å²) in [5.74, 6) is 1.62. The van der Waals surface area contributed by atoms with Crippen LogP contribution in [0.25, 0.3) is 11.0 Å². The van der Waals surface area contributed by atoms with Crippen LogP contribution in [-0.4, -0.2) is 39.9 Å². The van der Waals surface area contributed by atoms with Crippen molar-refractivity contribution in [2.45, 2.75) is 38.8 Å². The van der Waals surface area contributed by atoms with E-state index in [0.29, 0.717) is 22.8 Å². The van der Waals surface area contributed by atoms with Crippen LogP contribution in [0.15, 0.2) is 72.8 Å². The first kappa shape index (κ1) is 23.6. The van der Waals surface area contributed by atoms with Gasteiger partial charge in [-0.25, -0.2) is 4.98 Å². The second-order valence-electron chi connectivity index (χ2n) is 9.08. The molecule has 6 heteroatoms. The number of imidazole rings is 1. The number of ketones is 1. The highest BCUT2D eigenvalue weighted by molar-refractivity contribution is 6.30. The Kier molecular flexibility index (Phi) is 7.45. The highest BCUT2D eigenvalue weighted by atomic mass is 35.5. The van der Waals surface area contributed by atoms with Gasteiger partial charge in [-0.2, -0.15) is 0 Å². The SMILES string of the molecule is O=C(c1ccccc1)c1ccc2c(c1)nc(COc1ccc(Cl)cc1)n2CCCN1CCCCC1. The Morgan fingerprint density at radius 1 is 0.886 bits per heavy atom. The maximum atomic E-state index is 13.0. The molecule has 0 amide bonds. The van der Waals surface area contributed by atoms with Crippen molar-refractivity contribution in [2.24, 2.45) is 0 Å². The minimum atomic E-state index is 0.00566. The predicted octanol–water partition coefficient (Wildman–Crippen LogP) is 6.38. The molecular weight excluding hydrogens is 458 g/mol. The molecular formula is C29H30ClN3O2. The van der Waals surface area contributed by atoms with Gasteiger partial charge in [0, 0.05) is 22.7 Å². The molecule has 2 heterocycles. The third kappa shape index (κ3) is 5.75. The summed E-state index contributed by atoms with van der Waals surface area (Å²) in [6.45, 7) is 4.69. The number of fused-ring (bicyclic) bond motifs is 1. The normalized spacial score (nSPS) is 14.3. The van der Waals surface area contributed by atoms with E-state index >= 15 is 0 Å². The number of carbonyl (C=O) groups excluding carboxylic acids is 1. The van der Waals surface area contributed by atoms with Gasteiger partial charge in [-0.1, -0.05) is 48.4 Å². The van der Waals surface area contributed by atoms with Crippen LogP contribution in [-0.2, 0) is 13.2 Å². The van der Waals surface area contributed by atoms with E-state index in [1.54, 1.807) is 0 Å². The van der Waals surface area contributed by atoms with Gasteiger partial charge < -0.3 is 14.2 Å². The minimum absolute atomic E-state index is 0.00566. The molecule has 0 N–H and O–H groups in total. The third-order valence-corrected chi connectivity index (χ3v) is 6.86. The molecule has 0 atom stereocenters. The van der Waals surface area contributed by atoms with Gasteiger partial charge >= 0.3 is 0 Å². The first-order valence-corrected chi connectivity index (χ1v) is 12.7. The van der Waals surface area contributed by atoms with Crippen LogP contribution in [0.5, 0.6) is 5.75 Å². The van der Waals surface area contributed by atoms with Crippen molar-refractivity contribution in [1.29, 1.82) is 0 Å². The number of hydrogen-bond donors (Lipinski definition) is 0. The van der Waals surface area contributed by atoms with Crippen LogP contribution in [0.1, 0.15) is 47.4 Å². The first-order chi connectivity index (χ1) is 17.2.